The van der Waals surface area contributed by atoms with Crippen molar-refractivity contribution in [3.8, 4) is 0 Å². The highest BCUT2D eigenvalue weighted by Crippen LogP contribution is 2.42. The van der Waals surface area contributed by atoms with Gasteiger partial charge in [-0.3, -0.25) is 19.5 Å². The van der Waals surface area contributed by atoms with Crippen molar-refractivity contribution in [1.29, 1.82) is 0 Å². The van der Waals surface area contributed by atoms with Crippen LogP contribution in [0.25, 0.3) is 0 Å². The number of hydrogen-bond acceptors (Lipinski definition) is 4. The zero-order valence-electron chi connectivity index (χ0n) is 22.5. The van der Waals surface area contributed by atoms with E-state index < -0.39 is 11.7 Å². The van der Waals surface area contributed by atoms with Crippen molar-refractivity contribution in [2.24, 2.45) is 5.41 Å². The van der Waals surface area contributed by atoms with Crippen LogP contribution in [0.1, 0.15) is 75.6 Å². The number of pyridine rings is 1. The van der Waals surface area contributed by atoms with Gasteiger partial charge in [-0.15, -0.1) is 0 Å². The second-order valence-electron chi connectivity index (χ2n) is 11.5. The molecule has 40 heavy (non-hydrogen) atoms. The maximum Gasteiger partial charge on any atom is 0.254 e. The van der Waals surface area contributed by atoms with Crippen LogP contribution in [-0.2, 0) is 13.0 Å². The van der Waals surface area contributed by atoms with Crippen LogP contribution in [0.2, 0.25) is 5.02 Å². The second-order valence-corrected chi connectivity index (χ2v) is 12.0. The van der Waals surface area contributed by atoms with Gasteiger partial charge < -0.3 is 10.2 Å². The van der Waals surface area contributed by atoms with Gasteiger partial charge in [0.1, 0.15) is 5.82 Å². The number of fused-ring (bicyclic) bond motifs is 1. The molecule has 2 aromatic carbocycles. The molecule has 0 bridgehead atoms. The van der Waals surface area contributed by atoms with E-state index in [-0.39, 0.29) is 17.5 Å². The third-order valence-corrected chi connectivity index (χ3v) is 9.37. The first-order valence-corrected chi connectivity index (χ1v) is 14.6. The van der Waals surface area contributed by atoms with Crippen molar-refractivity contribution in [3.63, 3.8) is 0 Å². The van der Waals surface area contributed by atoms with Gasteiger partial charge in [0.2, 0.25) is 0 Å². The lowest BCUT2D eigenvalue weighted by Gasteiger charge is -2.47. The fraction of sp³-hybridized carbons (Fsp3) is 0.406. The Morgan fingerprint density at radius 1 is 0.975 bits per heavy atom. The number of nitrogens with zero attached hydrogens (tertiary/aromatic N) is 3. The molecule has 2 fully saturated rings. The maximum atomic E-state index is 14.2. The predicted molar refractivity (Wildman–Crippen MR) is 153 cm³/mol. The van der Waals surface area contributed by atoms with Crippen LogP contribution in [0.5, 0.6) is 0 Å². The van der Waals surface area contributed by atoms with E-state index in [4.69, 9.17) is 11.6 Å². The molecule has 1 spiro atoms. The molecule has 3 aliphatic rings. The van der Waals surface area contributed by atoms with Crippen LogP contribution in [0.3, 0.4) is 0 Å². The molecule has 1 aromatic heterocycles. The number of aryl methyl sites for hydroxylation is 1. The Bertz CT molecular complexity index is 1400. The number of carbonyl (C=O) groups is 2. The Balaban J connectivity index is 1.06. The quantitative estimate of drug-likeness (QED) is 0.428. The zero-order chi connectivity index (χ0) is 27.7. The van der Waals surface area contributed by atoms with Crippen molar-refractivity contribution in [2.45, 2.75) is 51.1 Å². The normalized spacial score (nSPS) is 20.4. The number of amides is 2. The molecule has 1 aliphatic carbocycles. The smallest absolute Gasteiger partial charge is 0.254 e. The molecule has 1 atom stereocenters. The Kier molecular flexibility index (Phi) is 7.60. The molecule has 6 rings (SSSR count). The summed E-state index contributed by atoms with van der Waals surface area (Å²) in [5, 5.41) is 3.26. The highest BCUT2D eigenvalue weighted by Gasteiger charge is 2.39. The number of benzene rings is 2. The van der Waals surface area contributed by atoms with E-state index >= 15 is 0 Å². The number of rotatable bonds is 5. The van der Waals surface area contributed by atoms with Crippen molar-refractivity contribution in [2.75, 3.05) is 26.2 Å². The summed E-state index contributed by atoms with van der Waals surface area (Å²) < 4.78 is 14.2. The average Bonchev–Trinajstić information content (AvgIpc) is 3.38. The number of aromatic nitrogens is 1. The Morgan fingerprint density at radius 2 is 1.70 bits per heavy atom. The van der Waals surface area contributed by atoms with Crippen LogP contribution in [-0.4, -0.2) is 52.8 Å². The molecule has 3 aromatic rings. The minimum absolute atomic E-state index is 0.0469. The first kappa shape index (κ1) is 26.9. The Labute approximate surface area is 239 Å². The first-order chi connectivity index (χ1) is 19.4. The van der Waals surface area contributed by atoms with Crippen LogP contribution in [0.15, 0.2) is 60.9 Å². The topological polar surface area (TPSA) is 65.5 Å². The predicted octanol–water partition coefficient (Wildman–Crippen LogP) is 5.81. The van der Waals surface area contributed by atoms with Gasteiger partial charge in [-0.05, 0) is 116 Å². The summed E-state index contributed by atoms with van der Waals surface area (Å²) in [6.45, 7) is 4.69. The summed E-state index contributed by atoms with van der Waals surface area (Å²) in [6, 6.07) is 13.7. The first-order valence-electron chi connectivity index (χ1n) is 14.2. The molecular weight excluding hydrogens is 527 g/mol. The summed E-state index contributed by atoms with van der Waals surface area (Å²) in [4.78, 5) is 35.0. The highest BCUT2D eigenvalue weighted by molar-refractivity contribution is 6.31. The lowest BCUT2D eigenvalue weighted by atomic mass is 9.71. The number of likely N-dealkylation sites (tertiary alicyclic amines) is 2. The van der Waals surface area contributed by atoms with Gasteiger partial charge in [-0.25, -0.2) is 4.39 Å². The maximum absolute atomic E-state index is 14.2. The van der Waals surface area contributed by atoms with Crippen molar-refractivity contribution < 1.29 is 14.0 Å². The van der Waals surface area contributed by atoms with Gasteiger partial charge in [0.25, 0.3) is 11.8 Å². The third-order valence-electron chi connectivity index (χ3n) is 9.13. The molecule has 2 aliphatic heterocycles. The van der Waals surface area contributed by atoms with Crippen molar-refractivity contribution >= 4 is 23.4 Å². The fourth-order valence-electron chi connectivity index (χ4n) is 6.59. The lowest BCUT2D eigenvalue weighted by Crippen LogP contribution is -2.48. The Hall–Kier alpha value is -3.29. The van der Waals surface area contributed by atoms with Crippen molar-refractivity contribution in [1.82, 2.24) is 20.1 Å². The molecule has 3 heterocycles. The summed E-state index contributed by atoms with van der Waals surface area (Å²) in [6.07, 6.45) is 9.65. The van der Waals surface area contributed by atoms with E-state index in [9.17, 15) is 14.0 Å². The number of hydrogen-bond donors (Lipinski definition) is 1. The SMILES string of the molecule is O=C(NC1CCc2ccc(C(=O)N3CCC4(CCN(Cc5ccncc5)CC4)CC3)cc21)c1cc(Cl)ccc1F. The molecule has 0 saturated carbocycles. The molecule has 6 nitrogen and oxygen atoms in total. The molecule has 2 amide bonds. The largest absolute Gasteiger partial charge is 0.345 e. The van der Waals surface area contributed by atoms with E-state index in [1.54, 1.807) is 0 Å². The number of nitrogens with one attached hydrogen (secondary N) is 1. The zero-order valence-corrected chi connectivity index (χ0v) is 23.3. The van der Waals surface area contributed by atoms with Crippen molar-refractivity contribution in [3.05, 3.63) is 99.6 Å². The molecule has 208 valence electrons. The van der Waals surface area contributed by atoms with E-state index in [1.807, 2.05) is 35.5 Å². The van der Waals surface area contributed by atoms with E-state index in [2.05, 4.69) is 27.3 Å². The van der Waals surface area contributed by atoms with Crippen LogP contribution >= 0.6 is 11.6 Å². The molecule has 8 heteroatoms. The molecule has 1 unspecified atom stereocenters. The summed E-state index contributed by atoms with van der Waals surface area (Å²) >= 11 is 5.98. The van der Waals surface area contributed by atoms with Crippen LogP contribution in [0, 0.1) is 11.2 Å². The monoisotopic (exact) mass is 560 g/mol. The summed E-state index contributed by atoms with van der Waals surface area (Å²) in [7, 11) is 0. The standard InChI is InChI=1S/C32H34ClFN4O2/c33-25-4-5-28(34)27(20-25)30(39)36-29-6-3-23-1-2-24(19-26(23)29)31(40)38-17-11-32(12-18-38)9-15-37(16-10-32)21-22-7-13-35-14-8-22/h1-2,4-5,7-8,13-14,19-20,29H,3,6,9-12,15-18,21H2,(H,36,39). The summed E-state index contributed by atoms with van der Waals surface area (Å²) in [5.41, 5.74) is 4.27. The highest BCUT2D eigenvalue weighted by atomic mass is 35.5. The number of carbonyl (C=O) groups excluding carboxylic acids is 2. The van der Waals surface area contributed by atoms with Gasteiger partial charge in [-0.1, -0.05) is 17.7 Å². The van der Waals surface area contributed by atoms with Crippen LogP contribution in [0.4, 0.5) is 4.39 Å². The second kappa shape index (κ2) is 11.3. The van der Waals surface area contributed by atoms with Gasteiger partial charge >= 0.3 is 0 Å². The summed E-state index contributed by atoms with van der Waals surface area (Å²) in [5.74, 6) is -1.06. The molecule has 0 radical (unpaired) electrons. The third kappa shape index (κ3) is 5.63. The Morgan fingerprint density at radius 3 is 2.45 bits per heavy atom. The lowest BCUT2D eigenvalue weighted by molar-refractivity contribution is 0.0285. The number of piperidine rings is 2. The molecular formula is C32H34ClFN4O2. The number of halogens is 2. The molecule has 2 saturated heterocycles. The van der Waals surface area contributed by atoms with E-state index in [0.717, 1.165) is 63.1 Å². The minimum atomic E-state index is -0.605. The van der Waals surface area contributed by atoms with Gasteiger partial charge in [-0.2, -0.15) is 0 Å². The fourth-order valence-corrected chi connectivity index (χ4v) is 6.76. The van der Waals surface area contributed by atoms with Crippen LogP contribution < -0.4 is 5.32 Å². The minimum Gasteiger partial charge on any atom is -0.345 e. The van der Waals surface area contributed by atoms with Gasteiger partial charge in [0, 0.05) is 42.6 Å². The average molecular weight is 561 g/mol. The van der Waals surface area contributed by atoms with E-state index in [1.165, 1.54) is 36.6 Å². The van der Waals surface area contributed by atoms with Gasteiger partial charge in [0.15, 0.2) is 0 Å². The molecule has 1 N–H and O–H groups in total. The van der Waals surface area contributed by atoms with E-state index in [0.29, 0.717) is 22.4 Å². The van der Waals surface area contributed by atoms with Gasteiger partial charge in [0.05, 0.1) is 11.6 Å².